The Hall–Kier alpha value is -1.74. The largest absolute Gasteiger partial charge is 0.417 e. The van der Waals surface area contributed by atoms with Crippen molar-refractivity contribution in [3.05, 3.63) is 29.3 Å². The van der Waals surface area contributed by atoms with E-state index < -0.39 is 22.8 Å². The second-order valence-corrected chi connectivity index (χ2v) is 4.64. The predicted octanol–water partition coefficient (Wildman–Crippen LogP) is 3.54. The molecule has 0 atom stereocenters. The number of hydrogen-bond acceptors (Lipinski definition) is 3. The third-order valence-corrected chi connectivity index (χ3v) is 3.51. The number of anilines is 1. The monoisotopic (exact) mass is 286 g/mol. The third-order valence-electron chi connectivity index (χ3n) is 3.51. The molecule has 0 saturated heterocycles. The minimum Gasteiger partial charge on any atom is -0.394 e. The van der Waals surface area contributed by atoms with Crippen LogP contribution in [0.2, 0.25) is 0 Å². The molecule has 0 saturated carbocycles. The lowest BCUT2D eigenvalue weighted by molar-refractivity contribution is -0.137. The summed E-state index contributed by atoms with van der Waals surface area (Å²) in [4.78, 5) is 0. The Balaban J connectivity index is 3.15. The van der Waals surface area contributed by atoms with E-state index in [2.05, 4.69) is 5.32 Å². The second-order valence-electron chi connectivity index (χ2n) is 4.64. The molecule has 0 amide bonds. The quantitative estimate of drug-likeness (QED) is 0.870. The molecule has 110 valence electrons. The lowest BCUT2D eigenvalue weighted by atomic mass is 9.93. The summed E-state index contributed by atoms with van der Waals surface area (Å²) in [6.07, 6.45) is -3.32. The van der Waals surface area contributed by atoms with Crippen LogP contribution in [0.4, 0.5) is 18.9 Å². The topological polar surface area (TPSA) is 56.0 Å². The molecule has 0 aromatic heterocycles. The molecule has 1 aromatic carbocycles. The van der Waals surface area contributed by atoms with Crippen molar-refractivity contribution in [3.8, 4) is 6.07 Å². The first-order valence-electron chi connectivity index (χ1n) is 6.32. The van der Waals surface area contributed by atoms with Crippen molar-refractivity contribution in [2.75, 3.05) is 11.9 Å². The van der Waals surface area contributed by atoms with Crippen LogP contribution in [0.25, 0.3) is 0 Å². The first kappa shape index (κ1) is 16.3. The van der Waals surface area contributed by atoms with Gasteiger partial charge in [-0.3, -0.25) is 0 Å². The zero-order valence-corrected chi connectivity index (χ0v) is 11.4. The van der Waals surface area contributed by atoms with E-state index in [1.165, 1.54) is 12.1 Å². The van der Waals surface area contributed by atoms with Gasteiger partial charge in [-0.25, -0.2) is 0 Å². The molecule has 2 N–H and O–H groups in total. The molecule has 0 spiro atoms. The van der Waals surface area contributed by atoms with Gasteiger partial charge in [0.25, 0.3) is 0 Å². The van der Waals surface area contributed by atoms with Crippen LogP contribution in [0.15, 0.2) is 18.2 Å². The van der Waals surface area contributed by atoms with E-state index in [1.54, 1.807) is 6.07 Å². The van der Waals surface area contributed by atoms with E-state index in [0.717, 1.165) is 6.07 Å². The highest BCUT2D eigenvalue weighted by atomic mass is 19.4. The van der Waals surface area contributed by atoms with Gasteiger partial charge < -0.3 is 10.4 Å². The smallest absolute Gasteiger partial charge is 0.394 e. The van der Waals surface area contributed by atoms with Crippen molar-refractivity contribution in [3.63, 3.8) is 0 Å². The van der Waals surface area contributed by atoms with Gasteiger partial charge in [-0.1, -0.05) is 13.8 Å². The van der Waals surface area contributed by atoms with Gasteiger partial charge >= 0.3 is 6.18 Å². The lowest BCUT2D eigenvalue weighted by Crippen LogP contribution is -2.40. The molecule has 1 aromatic rings. The van der Waals surface area contributed by atoms with Crippen molar-refractivity contribution in [2.45, 2.75) is 38.4 Å². The van der Waals surface area contributed by atoms with Gasteiger partial charge in [0.05, 0.1) is 29.3 Å². The number of benzene rings is 1. The molecule has 3 nitrogen and oxygen atoms in total. The van der Waals surface area contributed by atoms with Crippen LogP contribution in [0.5, 0.6) is 0 Å². The molecule has 0 aliphatic heterocycles. The van der Waals surface area contributed by atoms with Gasteiger partial charge in [-0.05, 0) is 31.0 Å². The molecular weight excluding hydrogens is 269 g/mol. The standard InChI is InChI=1S/C14H17F3N2O/c1-3-13(4-2,9-20)19-11-5-6-12(14(15,16)17)10(7-11)8-18/h5-7,19-20H,3-4,9H2,1-2H3. The van der Waals surface area contributed by atoms with E-state index >= 15 is 0 Å². The number of nitriles is 1. The number of nitrogens with zero attached hydrogens (tertiary/aromatic N) is 1. The number of halogens is 3. The SMILES string of the molecule is CCC(CC)(CO)Nc1ccc(C(F)(F)F)c(C#N)c1. The van der Waals surface area contributed by atoms with E-state index in [0.29, 0.717) is 18.5 Å². The number of rotatable bonds is 5. The highest BCUT2D eigenvalue weighted by Gasteiger charge is 2.34. The van der Waals surface area contributed by atoms with Gasteiger partial charge in [0, 0.05) is 5.69 Å². The van der Waals surface area contributed by atoms with Crippen LogP contribution in [0.1, 0.15) is 37.8 Å². The Bertz CT molecular complexity index is 494. The van der Waals surface area contributed by atoms with E-state index in [4.69, 9.17) is 5.26 Å². The van der Waals surface area contributed by atoms with E-state index in [-0.39, 0.29) is 6.61 Å². The highest BCUT2D eigenvalue weighted by Crippen LogP contribution is 2.33. The molecule has 20 heavy (non-hydrogen) atoms. The lowest BCUT2D eigenvalue weighted by Gasteiger charge is -2.32. The van der Waals surface area contributed by atoms with Gasteiger partial charge in [0.1, 0.15) is 0 Å². The molecule has 0 unspecified atom stereocenters. The van der Waals surface area contributed by atoms with Crippen LogP contribution in [0, 0.1) is 11.3 Å². The van der Waals surface area contributed by atoms with Crippen molar-refractivity contribution >= 4 is 5.69 Å². The average molecular weight is 286 g/mol. The summed E-state index contributed by atoms with van der Waals surface area (Å²) in [6.45, 7) is 3.62. The normalized spacial score (nSPS) is 12.1. The van der Waals surface area contributed by atoms with E-state index in [9.17, 15) is 18.3 Å². The number of hydrogen-bond donors (Lipinski definition) is 2. The molecule has 6 heteroatoms. The highest BCUT2D eigenvalue weighted by molar-refractivity contribution is 5.55. The maximum atomic E-state index is 12.7. The Morgan fingerprint density at radius 2 is 1.85 bits per heavy atom. The summed E-state index contributed by atoms with van der Waals surface area (Å²) in [5.41, 5.74) is -1.58. The fraction of sp³-hybridized carbons (Fsp3) is 0.500. The van der Waals surface area contributed by atoms with Gasteiger partial charge in [0.15, 0.2) is 0 Å². The number of nitrogens with one attached hydrogen (secondary N) is 1. The Morgan fingerprint density at radius 1 is 1.25 bits per heavy atom. The van der Waals surface area contributed by atoms with Crippen LogP contribution >= 0.6 is 0 Å². The molecule has 0 heterocycles. The van der Waals surface area contributed by atoms with Gasteiger partial charge in [0.2, 0.25) is 0 Å². The summed E-state index contributed by atoms with van der Waals surface area (Å²) in [5, 5.41) is 21.3. The predicted molar refractivity (Wildman–Crippen MR) is 70.2 cm³/mol. The summed E-state index contributed by atoms with van der Waals surface area (Å²) < 4.78 is 38.1. The Labute approximate surface area is 116 Å². The fourth-order valence-electron chi connectivity index (χ4n) is 1.96. The Morgan fingerprint density at radius 3 is 2.25 bits per heavy atom. The average Bonchev–Trinajstić information content (AvgIpc) is 2.43. The fourth-order valence-corrected chi connectivity index (χ4v) is 1.96. The second kappa shape index (κ2) is 6.14. The first-order valence-corrected chi connectivity index (χ1v) is 6.32. The molecule has 0 bridgehead atoms. The minimum absolute atomic E-state index is 0.136. The molecule has 0 radical (unpaired) electrons. The Kier molecular flexibility index (Phi) is 5.01. The zero-order valence-electron chi connectivity index (χ0n) is 11.4. The zero-order chi connectivity index (χ0) is 15.4. The van der Waals surface area contributed by atoms with Crippen LogP contribution in [0.3, 0.4) is 0 Å². The van der Waals surface area contributed by atoms with Crippen LogP contribution in [-0.4, -0.2) is 17.3 Å². The van der Waals surface area contributed by atoms with Crippen LogP contribution < -0.4 is 5.32 Å². The van der Waals surface area contributed by atoms with Crippen LogP contribution in [-0.2, 0) is 6.18 Å². The molecule has 1 rings (SSSR count). The van der Waals surface area contributed by atoms with Crippen molar-refractivity contribution in [1.29, 1.82) is 5.26 Å². The van der Waals surface area contributed by atoms with Gasteiger partial charge in [-0.15, -0.1) is 0 Å². The summed E-state index contributed by atoms with van der Waals surface area (Å²) in [7, 11) is 0. The van der Waals surface area contributed by atoms with Crippen molar-refractivity contribution < 1.29 is 18.3 Å². The summed E-state index contributed by atoms with van der Waals surface area (Å²) >= 11 is 0. The molecule has 0 aliphatic rings. The maximum absolute atomic E-state index is 12.7. The van der Waals surface area contributed by atoms with Crippen molar-refractivity contribution in [2.24, 2.45) is 0 Å². The van der Waals surface area contributed by atoms with Crippen molar-refractivity contribution in [1.82, 2.24) is 0 Å². The maximum Gasteiger partial charge on any atom is 0.417 e. The molecule has 0 fully saturated rings. The molecule has 0 aliphatic carbocycles. The molecular formula is C14H17F3N2O. The summed E-state index contributed by atoms with van der Waals surface area (Å²) in [5.74, 6) is 0. The number of aliphatic hydroxyl groups excluding tert-OH is 1. The number of alkyl halides is 3. The minimum atomic E-state index is -4.55. The first-order chi connectivity index (χ1) is 9.31. The summed E-state index contributed by atoms with van der Waals surface area (Å²) in [6, 6.07) is 4.89. The van der Waals surface area contributed by atoms with E-state index in [1.807, 2.05) is 13.8 Å². The number of aliphatic hydroxyl groups is 1. The van der Waals surface area contributed by atoms with Gasteiger partial charge in [-0.2, -0.15) is 18.4 Å². The third kappa shape index (κ3) is 3.42.